The second kappa shape index (κ2) is 7.31. The standard InChI is InChI=1S/C18H17N3O3S/c1-11-5-6-13(12(2)8-11)14-10-25-18(20-14)21-16(22)9-19-17(23)15-4-3-7-24-15/h3-8,10H,9H2,1-2H3,(H,19,23)(H,20,21,22). The van der Waals surface area contributed by atoms with Gasteiger partial charge in [-0.05, 0) is 31.5 Å². The number of aromatic nitrogens is 1. The molecule has 6 nitrogen and oxygen atoms in total. The molecule has 7 heteroatoms. The lowest BCUT2D eigenvalue weighted by molar-refractivity contribution is -0.115. The molecule has 0 radical (unpaired) electrons. The van der Waals surface area contributed by atoms with Crippen molar-refractivity contribution < 1.29 is 14.0 Å². The number of nitrogens with one attached hydrogen (secondary N) is 2. The molecule has 0 atom stereocenters. The van der Waals surface area contributed by atoms with E-state index in [1.165, 1.54) is 29.2 Å². The van der Waals surface area contributed by atoms with Gasteiger partial charge < -0.3 is 15.1 Å². The maximum absolute atomic E-state index is 12.0. The van der Waals surface area contributed by atoms with Gasteiger partial charge in [0.1, 0.15) is 0 Å². The van der Waals surface area contributed by atoms with Crippen LogP contribution in [0.1, 0.15) is 21.7 Å². The maximum atomic E-state index is 12.0. The van der Waals surface area contributed by atoms with Crippen LogP contribution in [0.5, 0.6) is 0 Å². The van der Waals surface area contributed by atoms with Crippen LogP contribution in [0.25, 0.3) is 11.3 Å². The predicted octanol–water partition coefficient (Wildman–Crippen LogP) is 3.39. The van der Waals surface area contributed by atoms with Crippen molar-refractivity contribution in [2.75, 3.05) is 11.9 Å². The number of benzene rings is 1. The molecule has 2 amide bonds. The fraction of sp³-hybridized carbons (Fsp3) is 0.167. The van der Waals surface area contributed by atoms with E-state index in [0.29, 0.717) is 5.13 Å². The normalized spacial score (nSPS) is 10.5. The summed E-state index contributed by atoms with van der Waals surface area (Å²) in [6, 6.07) is 9.29. The number of carbonyl (C=O) groups excluding carboxylic acids is 2. The average Bonchev–Trinajstić information content (AvgIpc) is 3.24. The molecule has 0 unspecified atom stereocenters. The zero-order valence-corrected chi connectivity index (χ0v) is 14.6. The molecular weight excluding hydrogens is 338 g/mol. The molecule has 0 saturated carbocycles. The number of rotatable bonds is 5. The van der Waals surface area contributed by atoms with Crippen molar-refractivity contribution in [3.8, 4) is 11.3 Å². The quantitative estimate of drug-likeness (QED) is 0.735. The molecule has 2 aromatic heterocycles. The van der Waals surface area contributed by atoms with Crippen molar-refractivity contribution in [3.63, 3.8) is 0 Å². The number of amides is 2. The molecule has 128 valence electrons. The lowest BCUT2D eigenvalue weighted by Gasteiger charge is -2.04. The highest BCUT2D eigenvalue weighted by molar-refractivity contribution is 7.14. The highest BCUT2D eigenvalue weighted by Crippen LogP contribution is 2.27. The van der Waals surface area contributed by atoms with E-state index >= 15 is 0 Å². The van der Waals surface area contributed by atoms with Crippen LogP contribution in [0, 0.1) is 13.8 Å². The zero-order chi connectivity index (χ0) is 17.8. The van der Waals surface area contributed by atoms with Crippen molar-refractivity contribution >= 4 is 28.3 Å². The van der Waals surface area contributed by atoms with Crippen LogP contribution in [0.15, 0.2) is 46.4 Å². The third-order valence-electron chi connectivity index (χ3n) is 3.56. The van der Waals surface area contributed by atoms with Crippen LogP contribution < -0.4 is 10.6 Å². The van der Waals surface area contributed by atoms with Crippen molar-refractivity contribution in [2.24, 2.45) is 0 Å². The third-order valence-corrected chi connectivity index (χ3v) is 4.32. The number of nitrogens with zero attached hydrogens (tertiary/aromatic N) is 1. The summed E-state index contributed by atoms with van der Waals surface area (Å²) in [6.07, 6.45) is 1.40. The average molecular weight is 355 g/mol. The van der Waals surface area contributed by atoms with E-state index in [4.69, 9.17) is 4.42 Å². The summed E-state index contributed by atoms with van der Waals surface area (Å²) in [6.45, 7) is 3.92. The summed E-state index contributed by atoms with van der Waals surface area (Å²) in [7, 11) is 0. The monoisotopic (exact) mass is 355 g/mol. The van der Waals surface area contributed by atoms with Gasteiger partial charge in [-0.2, -0.15) is 0 Å². The van der Waals surface area contributed by atoms with Gasteiger partial charge in [0, 0.05) is 10.9 Å². The van der Waals surface area contributed by atoms with Crippen molar-refractivity contribution in [1.29, 1.82) is 0 Å². The fourth-order valence-corrected chi connectivity index (χ4v) is 3.10. The van der Waals surface area contributed by atoms with Crippen molar-refractivity contribution in [2.45, 2.75) is 13.8 Å². The van der Waals surface area contributed by atoms with Crippen molar-refractivity contribution in [3.05, 3.63) is 58.9 Å². The van der Waals surface area contributed by atoms with Gasteiger partial charge in [-0.1, -0.05) is 23.8 Å². The Kier molecular flexibility index (Phi) is 4.95. The predicted molar refractivity (Wildman–Crippen MR) is 96.7 cm³/mol. The minimum Gasteiger partial charge on any atom is -0.459 e. The van der Waals surface area contributed by atoms with E-state index in [1.54, 1.807) is 6.07 Å². The summed E-state index contributed by atoms with van der Waals surface area (Å²) >= 11 is 1.34. The molecule has 1 aromatic carbocycles. The fourth-order valence-electron chi connectivity index (χ4n) is 2.37. The Labute approximate surface area is 148 Å². The Hall–Kier alpha value is -2.93. The molecule has 3 aromatic rings. The summed E-state index contributed by atoms with van der Waals surface area (Å²) in [5.74, 6) is -0.615. The Morgan fingerprint density at radius 2 is 2.08 bits per heavy atom. The molecule has 25 heavy (non-hydrogen) atoms. The Morgan fingerprint density at radius 3 is 2.80 bits per heavy atom. The number of hydrogen-bond acceptors (Lipinski definition) is 5. The van der Waals surface area contributed by atoms with Gasteiger partial charge in [0.2, 0.25) is 5.91 Å². The van der Waals surface area contributed by atoms with E-state index < -0.39 is 5.91 Å². The molecule has 0 saturated heterocycles. The molecule has 0 bridgehead atoms. The zero-order valence-electron chi connectivity index (χ0n) is 13.8. The maximum Gasteiger partial charge on any atom is 0.287 e. The number of aryl methyl sites for hydroxylation is 2. The van der Waals surface area contributed by atoms with Crippen LogP contribution in [0.3, 0.4) is 0 Å². The first-order valence-corrected chi connectivity index (χ1v) is 8.55. The van der Waals surface area contributed by atoms with Gasteiger partial charge in [-0.3, -0.25) is 9.59 Å². The van der Waals surface area contributed by atoms with Crippen LogP contribution in [-0.2, 0) is 4.79 Å². The molecule has 2 heterocycles. The highest BCUT2D eigenvalue weighted by Gasteiger charge is 2.12. The number of carbonyl (C=O) groups is 2. The van der Waals surface area contributed by atoms with Crippen LogP contribution >= 0.6 is 11.3 Å². The van der Waals surface area contributed by atoms with E-state index in [1.807, 2.05) is 31.4 Å². The van der Waals surface area contributed by atoms with Crippen LogP contribution in [-0.4, -0.2) is 23.3 Å². The first-order chi connectivity index (χ1) is 12.0. The van der Waals surface area contributed by atoms with E-state index in [9.17, 15) is 9.59 Å². The summed E-state index contributed by atoms with van der Waals surface area (Å²) in [4.78, 5) is 28.1. The number of furan rings is 1. The number of hydrogen-bond donors (Lipinski definition) is 2. The van der Waals surface area contributed by atoms with Gasteiger partial charge in [-0.25, -0.2) is 4.98 Å². The summed E-state index contributed by atoms with van der Waals surface area (Å²) < 4.78 is 4.96. The Morgan fingerprint density at radius 1 is 1.24 bits per heavy atom. The topological polar surface area (TPSA) is 84.2 Å². The smallest absolute Gasteiger partial charge is 0.287 e. The van der Waals surface area contributed by atoms with E-state index in [-0.39, 0.29) is 18.2 Å². The van der Waals surface area contributed by atoms with Crippen LogP contribution in [0.4, 0.5) is 5.13 Å². The second-order valence-corrected chi connectivity index (χ2v) is 6.42. The lowest BCUT2D eigenvalue weighted by Crippen LogP contribution is -2.32. The Balaban J connectivity index is 1.59. The van der Waals surface area contributed by atoms with Gasteiger partial charge in [0.25, 0.3) is 5.91 Å². The first kappa shape index (κ1) is 16.9. The molecule has 0 aliphatic heterocycles. The lowest BCUT2D eigenvalue weighted by atomic mass is 10.0. The first-order valence-electron chi connectivity index (χ1n) is 7.67. The minimum absolute atomic E-state index is 0.155. The molecule has 2 N–H and O–H groups in total. The van der Waals surface area contributed by atoms with Crippen molar-refractivity contribution in [1.82, 2.24) is 10.3 Å². The molecule has 0 aliphatic rings. The SMILES string of the molecule is Cc1ccc(-c2csc(NC(=O)CNC(=O)c3ccco3)n2)c(C)c1. The molecular formula is C18H17N3O3S. The van der Waals surface area contributed by atoms with Gasteiger partial charge >= 0.3 is 0 Å². The molecule has 0 aliphatic carbocycles. The second-order valence-electron chi connectivity index (χ2n) is 5.56. The molecule has 3 rings (SSSR count). The summed E-state index contributed by atoms with van der Waals surface area (Å²) in [5, 5.41) is 7.57. The molecule has 0 fully saturated rings. The van der Waals surface area contributed by atoms with Crippen LogP contribution in [0.2, 0.25) is 0 Å². The Bertz CT molecular complexity index is 900. The third kappa shape index (κ3) is 4.13. The largest absolute Gasteiger partial charge is 0.459 e. The highest BCUT2D eigenvalue weighted by atomic mass is 32.1. The number of anilines is 1. The number of thiazole rings is 1. The minimum atomic E-state index is -0.435. The van der Waals surface area contributed by atoms with Gasteiger partial charge in [0.05, 0.1) is 18.5 Å². The molecule has 0 spiro atoms. The summed E-state index contributed by atoms with van der Waals surface area (Å²) in [5.41, 5.74) is 4.18. The van der Waals surface area contributed by atoms with E-state index in [0.717, 1.165) is 16.8 Å². The van der Waals surface area contributed by atoms with Gasteiger partial charge in [-0.15, -0.1) is 11.3 Å². The van der Waals surface area contributed by atoms with E-state index in [2.05, 4.69) is 21.7 Å². The van der Waals surface area contributed by atoms with Gasteiger partial charge in [0.15, 0.2) is 10.9 Å².